The minimum Gasteiger partial charge on any atom is -0.365 e. The Labute approximate surface area is 135 Å². The van der Waals surface area contributed by atoms with Gasteiger partial charge in [-0.15, -0.1) is 0 Å². The predicted octanol–water partition coefficient (Wildman–Crippen LogP) is 3.40. The first-order valence-corrected chi connectivity index (χ1v) is 7.23. The average molecular weight is 338 g/mol. The SMILES string of the molecule is O=[N+]([O-])c1cc(C(F)(F)F)ccc1N1CCC(c2cnccn2)C1. The van der Waals surface area contributed by atoms with Gasteiger partial charge in [0.2, 0.25) is 0 Å². The predicted molar refractivity (Wildman–Crippen MR) is 79.7 cm³/mol. The number of anilines is 1. The molecule has 3 rings (SSSR count). The smallest absolute Gasteiger partial charge is 0.365 e. The van der Waals surface area contributed by atoms with Crippen molar-refractivity contribution in [1.29, 1.82) is 0 Å². The molecule has 6 nitrogen and oxygen atoms in total. The fourth-order valence-electron chi connectivity index (χ4n) is 2.86. The number of nitro benzene ring substituents is 1. The minimum atomic E-state index is -4.61. The maximum atomic E-state index is 12.8. The number of alkyl halides is 3. The summed E-state index contributed by atoms with van der Waals surface area (Å²) in [7, 11) is 0. The standard InChI is InChI=1S/C15H13F3N4O2/c16-15(17,18)11-1-2-13(14(7-11)22(23)24)21-6-3-10(9-21)12-8-19-4-5-20-12/h1-2,4-5,7-8,10H,3,6,9H2. The number of rotatable bonds is 3. The highest BCUT2D eigenvalue weighted by atomic mass is 19.4. The van der Waals surface area contributed by atoms with E-state index in [2.05, 4.69) is 9.97 Å². The monoisotopic (exact) mass is 338 g/mol. The van der Waals surface area contributed by atoms with Crippen LogP contribution in [0.1, 0.15) is 23.6 Å². The van der Waals surface area contributed by atoms with Gasteiger partial charge in [0, 0.05) is 43.7 Å². The van der Waals surface area contributed by atoms with Gasteiger partial charge in [0.1, 0.15) is 5.69 Å². The van der Waals surface area contributed by atoms with Crippen molar-refractivity contribution in [2.24, 2.45) is 0 Å². The molecule has 0 bridgehead atoms. The van der Waals surface area contributed by atoms with Crippen LogP contribution in [0.2, 0.25) is 0 Å². The Morgan fingerprint density at radius 2 is 2.08 bits per heavy atom. The van der Waals surface area contributed by atoms with Gasteiger partial charge >= 0.3 is 6.18 Å². The third kappa shape index (κ3) is 3.15. The molecule has 0 amide bonds. The van der Waals surface area contributed by atoms with Crippen LogP contribution in [-0.2, 0) is 6.18 Å². The zero-order valence-corrected chi connectivity index (χ0v) is 12.4. The van der Waals surface area contributed by atoms with Crippen molar-refractivity contribution in [3.8, 4) is 0 Å². The van der Waals surface area contributed by atoms with Gasteiger partial charge in [-0.1, -0.05) is 0 Å². The van der Waals surface area contributed by atoms with Crippen molar-refractivity contribution in [2.45, 2.75) is 18.5 Å². The second-order valence-corrected chi connectivity index (χ2v) is 5.52. The summed E-state index contributed by atoms with van der Waals surface area (Å²) in [6.07, 6.45) is 0.845. The zero-order chi connectivity index (χ0) is 17.3. The molecule has 0 saturated carbocycles. The summed E-state index contributed by atoms with van der Waals surface area (Å²) >= 11 is 0. The van der Waals surface area contributed by atoms with E-state index in [0.29, 0.717) is 25.6 Å². The largest absolute Gasteiger partial charge is 0.416 e. The van der Waals surface area contributed by atoms with Crippen LogP contribution >= 0.6 is 0 Å². The van der Waals surface area contributed by atoms with Gasteiger partial charge < -0.3 is 4.90 Å². The molecular formula is C15H13F3N4O2. The summed E-state index contributed by atoms with van der Waals surface area (Å²) in [4.78, 5) is 20.4. The first kappa shape index (κ1) is 16.2. The first-order valence-electron chi connectivity index (χ1n) is 7.23. The summed E-state index contributed by atoms with van der Waals surface area (Å²) in [5.41, 5.74) is -0.596. The third-order valence-electron chi connectivity index (χ3n) is 4.03. The van der Waals surface area contributed by atoms with Crippen LogP contribution in [0.3, 0.4) is 0 Å². The highest BCUT2D eigenvalue weighted by Crippen LogP contribution is 2.39. The maximum Gasteiger partial charge on any atom is 0.416 e. The van der Waals surface area contributed by atoms with E-state index < -0.39 is 22.4 Å². The molecule has 0 radical (unpaired) electrons. The van der Waals surface area contributed by atoms with Gasteiger partial charge in [-0.3, -0.25) is 20.1 Å². The van der Waals surface area contributed by atoms with Crippen LogP contribution in [0.25, 0.3) is 0 Å². The fourth-order valence-corrected chi connectivity index (χ4v) is 2.86. The molecule has 0 N–H and O–H groups in total. The van der Waals surface area contributed by atoms with Crippen LogP contribution in [0, 0.1) is 10.1 Å². The Kier molecular flexibility index (Phi) is 4.08. The molecule has 2 heterocycles. The van der Waals surface area contributed by atoms with Crippen molar-refractivity contribution in [1.82, 2.24) is 9.97 Å². The Morgan fingerprint density at radius 1 is 1.29 bits per heavy atom. The topological polar surface area (TPSA) is 72.2 Å². The number of benzene rings is 1. The highest BCUT2D eigenvalue weighted by Gasteiger charge is 2.35. The number of halogens is 3. The average Bonchev–Trinajstić information content (AvgIpc) is 3.04. The molecule has 1 aromatic carbocycles. The Bertz CT molecular complexity index is 752. The second kappa shape index (κ2) is 6.06. The third-order valence-corrected chi connectivity index (χ3v) is 4.03. The maximum absolute atomic E-state index is 12.8. The number of nitro groups is 1. The van der Waals surface area contributed by atoms with Gasteiger partial charge in [0.05, 0.1) is 16.2 Å². The molecule has 9 heteroatoms. The number of nitrogens with zero attached hydrogens (tertiary/aromatic N) is 4. The summed E-state index contributed by atoms with van der Waals surface area (Å²) in [5, 5.41) is 11.2. The summed E-state index contributed by atoms with van der Waals surface area (Å²) in [5.74, 6) is 0.0422. The summed E-state index contributed by atoms with van der Waals surface area (Å²) < 4.78 is 38.3. The van der Waals surface area contributed by atoms with E-state index in [9.17, 15) is 23.3 Å². The van der Waals surface area contributed by atoms with Crippen LogP contribution in [0.15, 0.2) is 36.8 Å². The fraction of sp³-hybridized carbons (Fsp3) is 0.333. The van der Waals surface area contributed by atoms with E-state index in [1.807, 2.05) is 0 Å². The molecule has 1 aliphatic heterocycles. The minimum absolute atomic E-state index is 0.0422. The molecule has 1 unspecified atom stereocenters. The lowest BCUT2D eigenvalue weighted by Gasteiger charge is -2.19. The van der Waals surface area contributed by atoms with Crippen LogP contribution in [0.5, 0.6) is 0 Å². The van der Waals surface area contributed by atoms with Crippen molar-refractivity contribution in [2.75, 3.05) is 18.0 Å². The van der Waals surface area contributed by atoms with Crippen molar-refractivity contribution in [3.63, 3.8) is 0 Å². The number of hydrogen-bond acceptors (Lipinski definition) is 5. The molecule has 1 saturated heterocycles. The lowest BCUT2D eigenvalue weighted by atomic mass is 10.1. The van der Waals surface area contributed by atoms with E-state index in [-0.39, 0.29) is 11.6 Å². The summed E-state index contributed by atoms with van der Waals surface area (Å²) in [6, 6.07) is 2.63. The molecule has 126 valence electrons. The van der Waals surface area contributed by atoms with Crippen molar-refractivity contribution >= 4 is 11.4 Å². The van der Waals surface area contributed by atoms with Gasteiger partial charge in [0.25, 0.3) is 5.69 Å². The number of hydrogen-bond donors (Lipinski definition) is 0. The molecule has 0 aliphatic carbocycles. The van der Waals surface area contributed by atoms with E-state index in [1.54, 1.807) is 23.5 Å². The molecule has 0 spiro atoms. The van der Waals surface area contributed by atoms with E-state index >= 15 is 0 Å². The molecule has 1 atom stereocenters. The lowest BCUT2D eigenvalue weighted by molar-refractivity contribution is -0.384. The molecule has 24 heavy (non-hydrogen) atoms. The molecule has 1 fully saturated rings. The van der Waals surface area contributed by atoms with Crippen molar-refractivity contribution < 1.29 is 18.1 Å². The van der Waals surface area contributed by atoms with Crippen LogP contribution in [0.4, 0.5) is 24.5 Å². The van der Waals surface area contributed by atoms with Crippen LogP contribution in [-0.4, -0.2) is 28.0 Å². The van der Waals surface area contributed by atoms with Crippen molar-refractivity contribution in [3.05, 3.63) is 58.2 Å². The molecule has 2 aromatic rings. The quantitative estimate of drug-likeness (QED) is 0.633. The Hall–Kier alpha value is -2.71. The zero-order valence-electron chi connectivity index (χ0n) is 12.4. The van der Waals surface area contributed by atoms with E-state index in [0.717, 1.165) is 11.8 Å². The number of aromatic nitrogens is 2. The molecular weight excluding hydrogens is 325 g/mol. The van der Waals surface area contributed by atoms with Gasteiger partial charge in [-0.25, -0.2) is 0 Å². The molecule has 1 aromatic heterocycles. The molecule has 1 aliphatic rings. The van der Waals surface area contributed by atoms with E-state index in [4.69, 9.17) is 0 Å². The normalized spacial score (nSPS) is 18.0. The second-order valence-electron chi connectivity index (χ2n) is 5.52. The van der Waals surface area contributed by atoms with E-state index in [1.165, 1.54) is 6.07 Å². The Morgan fingerprint density at radius 3 is 2.71 bits per heavy atom. The van der Waals surface area contributed by atoms with Crippen LogP contribution < -0.4 is 4.90 Å². The van der Waals surface area contributed by atoms with Gasteiger partial charge in [-0.05, 0) is 18.6 Å². The highest BCUT2D eigenvalue weighted by molar-refractivity contribution is 5.65. The van der Waals surface area contributed by atoms with Gasteiger partial charge in [0.15, 0.2) is 0 Å². The van der Waals surface area contributed by atoms with Gasteiger partial charge in [-0.2, -0.15) is 13.2 Å². The Balaban J connectivity index is 1.89. The first-order chi connectivity index (χ1) is 11.4. The summed E-state index contributed by atoms with van der Waals surface area (Å²) in [6.45, 7) is 0.957. The lowest BCUT2D eigenvalue weighted by Crippen LogP contribution is -2.21.